The first-order chi connectivity index (χ1) is 8.70. The van der Waals surface area contributed by atoms with E-state index in [0.717, 1.165) is 6.26 Å². The van der Waals surface area contributed by atoms with Gasteiger partial charge in [0.05, 0.1) is 6.26 Å². The summed E-state index contributed by atoms with van der Waals surface area (Å²) in [5, 5.41) is 26.2. The van der Waals surface area contributed by atoms with Crippen LogP contribution in [0.4, 0.5) is 0 Å². The summed E-state index contributed by atoms with van der Waals surface area (Å²) in [6.07, 6.45) is 0.791. The zero-order valence-corrected chi connectivity index (χ0v) is 9.94. The van der Waals surface area contributed by atoms with E-state index in [9.17, 15) is 19.2 Å². The standard InChI is InChI=1S/C10H13NO8/c1-2-19-10(18)6-11(3-7(12)13,4-8(14)15)5-9(16)17/h2H,1,3-6H2,(H2-,12,13,14,15,16,17)/p+1. The monoisotopic (exact) mass is 276 g/mol. The lowest BCUT2D eigenvalue weighted by Crippen LogP contribution is -2.58. The summed E-state index contributed by atoms with van der Waals surface area (Å²) in [6.45, 7) is -0.0686. The number of carboxylic acids is 3. The van der Waals surface area contributed by atoms with E-state index in [1.807, 2.05) is 0 Å². The zero-order valence-electron chi connectivity index (χ0n) is 9.94. The van der Waals surface area contributed by atoms with E-state index in [-0.39, 0.29) is 0 Å². The van der Waals surface area contributed by atoms with E-state index < -0.39 is 54.5 Å². The second kappa shape index (κ2) is 7.11. The Labute approximate surface area is 107 Å². The largest absolute Gasteiger partial charge is 0.477 e. The number of hydrogen-bond donors (Lipinski definition) is 3. The van der Waals surface area contributed by atoms with Gasteiger partial charge in [0.15, 0.2) is 26.2 Å². The van der Waals surface area contributed by atoms with Crippen LogP contribution in [0.2, 0.25) is 0 Å². The predicted molar refractivity (Wildman–Crippen MR) is 58.9 cm³/mol. The number of hydrogen-bond acceptors (Lipinski definition) is 5. The maximum Gasteiger partial charge on any atom is 0.366 e. The molecule has 0 saturated heterocycles. The van der Waals surface area contributed by atoms with Gasteiger partial charge >= 0.3 is 23.9 Å². The molecule has 0 aromatic heterocycles. The Morgan fingerprint density at radius 2 is 1.26 bits per heavy atom. The molecule has 0 aliphatic carbocycles. The minimum absolute atomic E-state index is 0.698. The molecule has 0 rings (SSSR count). The minimum atomic E-state index is -1.42. The Hall–Kier alpha value is -2.42. The zero-order chi connectivity index (χ0) is 15.1. The molecule has 19 heavy (non-hydrogen) atoms. The molecule has 0 aliphatic rings. The van der Waals surface area contributed by atoms with Gasteiger partial charge in [-0.1, -0.05) is 6.58 Å². The predicted octanol–water partition coefficient (Wildman–Crippen LogP) is -1.26. The summed E-state index contributed by atoms with van der Waals surface area (Å²) in [5.41, 5.74) is 0. The van der Waals surface area contributed by atoms with Crippen LogP contribution in [0.3, 0.4) is 0 Å². The van der Waals surface area contributed by atoms with Gasteiger partial charge < -0.3 is 20.1 Å². The molecule has 0 saturated carbocycles. The highest BCUT2D eigenvalue weighted by atomic mass is 16.5. The van der Waals surface area contributed by atoms with Crippen molar-refractivity contribution >= 4 is 23.9 Å². The van der Waals surface area contributed by atoms with Crippen LogP contribution in [0.1, 0.15) is 0 Å². The van der Waals surface area contributed by atoms with E-state index in [2.05, 4.69) is 11.3 Å². The second-order valence-electron chi connectivity index (χ2n) is 3.81. The van der Waals surface area contributed by atoms with Gasteiger partial charge in [0.25, 0.3) is 0 Å². The molecule has 0 unspecified atom stereocenters. The van der Waals surface area contributed by atoms with E-state index in [1.54, 1.807) is 0 Å². The third kappa shape index (κ3) is 6.78. The van der Waals surface area contributed by atoms with E-state index >= 15 is 0 Å². The lowest BCUT2D eigenvalue weighted by Gasteiger charge is -2.32. The highest BCUT2D eigenvalue weighted by Crippen LogP contribution is 2.08. The first kappa shape index (κ1) is 16.6. The lowest BCUT2D eigenvalue weighted by atomic mass is 10.3. The first-order valence-electron chi connectivity index (χ1n) is 5.01. The van der Waals surface area contributed by atoms with Crippen LogP contribution in [-0.2, 0) is 23.9 Å². The molecule has 0 aromatic rings. The Bertz CT molecular complexity index is 362. The SMILES string of the molecule is C=COC(=O)C[N+](CC(=O)O)(CC(=O)O)CC(=O)O. The summed E-state index contributed by atoms with van der Waals surface area (Å²) in [7, 11) is 0. The van der Waals surface area contributed by atoms with Crippen molar-refractivity contribution in [2.75, 3.05) is 26.2 Å². The third-order valence-corrected chi connectivity index (χ3v) is 2.09. The van der Waals surface area contributed by atoms with Crippen LogP contribution in [0.25, 0.3) is 0 Å². The Kier molecular flexibility index (Phi) is 6.21. The molecular weight excluding hydrogens is 262 g/mol. The average molecular weight is 276 g/mol. The molecule has 0 aliphatic heterocycles. The maximum absolute atomic E-state index is 11.3. The molecule has 0 radical (unpaired) electrons. The van der Waals surface area contributed by atoms with Crippen molar-refractivity contribution in [3.05, 3.63) is 12.8 Å². The van der Waals surface area contributed by atoms with Gasteiger partial charge in [-0.3, -0.25) is 4.48 Å². The van der Waals surface area contributed by atoms with E-state index in [4.69, 9.17) is 15.3 Å². The van der Waals surface area contributed by atoms with Crippen LogP contribution < -0.4 is 0 Å². The number of nitrogens with zero attached hydrogens (tertiary/aromatic N) is 1. The van der Waals surface area contributed by atoms with Crippen LogP contribution in [-0.4, -0.2) is 69.9 Å². The number of carbonyl (C=O) groups excluding carboxylic acids is 1. The van der Waals surface area contributed by atoms with Gasteiger partial charge in [0.1, 0.15) is 0 Å². The Balaban J connectivity index is 5.25. The highest BCUT2D eigenvalue weighted by molar-refractivity contribution is 5.76. The summed E-state index contributed by atoms with van der Waals surface area (Å²) in [6, 6.07) is 0. The van der Waals surface area contributed by atoms with Crippen molar-refractivity contribution in [2.45, 2.75) is 0 Å². The van der Waals surface area contributed by atoms with Gasteiger partial charge in [-0.05, 0) is 0 Å². The van der Waals surface area contributed by atoms with E-state index in [1.165, 1.54) is 0 Å². The van der Waals surface area contributed by atoms with Crippen molar-refractivity contribution < 1.29 is 43.7 Å². The van der Waals surface area contributed by atoms with Gasteiger partial charge in [0.2, 0.25) is 0 Å². The number of quaternary nitrogens is 1. The minimum Gasteiger partial charge on any atom is -0.477 e. The topological polar surface area (TPSA) is 138 Å². The van der Waals surface area contributed by atoms with Gasteiger partial charge in [-0.2, -0.15) is 0 Å². The summed E-state index contributed by atoms with van der Waals surface area (Å²) >= 11 is 0. The van der Waals surface area contributed by atoms with Crippen molar-refractivity contribution in [3.63, 3.8) is 0 Å². The molecule has 0 spiro atoms. The Morgan fingerprint density at radius 1 is 0.895 bits per heavy atom. The number of rotatable bonds is 9. The lowest BCUT2D eigenvalue weighted by molar-refractivity contribution is -0.900. The highest BCUT2D eigenvalue weighted by Gasteiger charge is 2.38. The molecule has 0 fully saturated rings. The molecule has 9 nitrogen and oxygen atoms in total. The molecular formula is C10H14NO8+. The molecule has 0 heterocycles. The maximum atomic E-state index is 11.3. The fourth-order valence-corrected chi connectivity index (χ4v) is 1.60. The fourth-order valence-electron chi connectivity index (χ4n) is 1.60. The third-order valence-electron chi connectivity index (χ3n) is 2.09. The number of esters is 1. The van der Waals surface area contributed by atoms with Crippen molar-refractivity contribution in [3.8, 4) is 0 Å². The van der Waals surface area contributed by atoms with Crippen LogP contribution in [0, 0.1) is 0 Å². The Morgan fingerprint density at radius 3 is 1.53 bits per heavy atom. The van der Waals surface area contributed by atoms with Crippen LogP contribution >= 0.6 is 0 Å². The second-order valence-corrected chi connectivity index (χ2v) is 3.81. The molecule has 0 amide bonds. The van der Waals surface area contributed by atoms with E-state index in [0.29, 0.717) is 0 Å². The quantitative estimate of drug-likeness (QED) is 0.269. The van der Waals surface area contributed by atoms with Crippen molar-refractivity contribution in [1.82, 2.24) is 0 Å². The number of carboxylic acid groups (broad SMARTS) is 3. The van der Waals surface area contributed by atoms with Crippen LogP contribution in [0.15, 0.2) is 12.8 Å². The van der Waals surface area contributed by atoms with Gasteiger partial charge in [-0.25, -0.2) is 19.2 Å². The van der Waals surface area contributed by atoms with Crippen LogP contribution in [0.5, 0.6) is 0 Å². The van der Waals surface area contributed by atoms with Gasteiger partial charge in [-0.15, -0.1) is 0 Å². The molecule has 9 heteroatoms. The summed E-state index contributed by atoms with van der Waals surface area (Å²) in [5.74, 6) is -5.23. The molecule has 0 aromatic carbocycles. The molecule has 106 valence electrons. The number of ether oxygens (including phenoxy) is 1. The first-order valence-corrected chi connectivity index (χ1v) is 5.01. The molecule has 0 atom stereocenters. The number of carbonyl (C=O) groups is 4. The number of aliphatic carboxylic acids is 3. The van der Waals surface area contributed by atoms with Crippen molar-refractivity contribution in [2.24, 2.45) is 0 Å². The average Bonchev–Trinajstić information content (AvgIpc) is 2.12. The molecule has 0 bridgehead atoms. The summed E-state index contributed by atoms with van der Waals surface area (Å²) < 4.78 is 3.39. The van der Waals surface area contributed by atoms with Crippen molar-refractivity contribution in [1.29, 1.82) is 0 Å². The fraction of sp³-hybridized carbons (Fsp3) is 0.400. The summed E-state index contributed by atoms with van der Waals surface area (Å²) in [4.78, 5) is 43.5. The van der Waals surface area contributed by atoms with Gasteiger partial charge in [0, 0.05) is 0 Å². The smallest absolute Gasteiger partial charge is 0.366 e. The molecule has 3 N–H and O–H groups in total. The normalized spacial score (nSPS) is 10.5.